The van der Waals surface area contributed by atoms with Gasteiger partial charge in [-0.3, -0.25) is 0 Å². The second-order valence-electron chi connectivity index (χ2n) is 8.32. The summed E-state index contributed by atoms with van der Waals surface area (Å²) in [7, 11) is -2.71. The van der Waals surface area contributed by atoms with E-state index in [9.17, 15) is 18.3 Å². The van der Waals surface area contributed by atoms with Crippen LogP contribution < -0.4 is 20.5 Å². The standard InChI is InChI=1S/C21H27N5O7S/c1-31-17-7-12-4-2-3-5-15(12)20(17)26-18-9-19(25-11-24-18)32-14-6-13(16(27)8-14)10-23-21(28)33-34(22,29)30/h2-5,9,11,13-14,16-17,20,27H,6-8,10H2,1H3,(H,23,28)(H2,22,29,30)(H,24,25,26)/t13-,14+,16-,17-,20+/m0/s1. The fourth-order valence-electron chi connectivity index (χ4n) is 4.48. The zero-order valence-electron chi connectivity index (χ0n) is 18.5. The number of benzene rings is 1. The lowest BCUT2D eigenvalue weighted by atomic mass is 10.1. The number of methoxy groups -OCH3 is 1. The molecule has 2 aliphatic rings. The summed E-state index contributed by atoms with van der Waals surface area (Å²) < 4.78 is 37.2. The molecule has 0 unspecified atom stereocenters. The normalized spacial score (nSPS) is 26.0. The Hall–Kier alpha value is -3.00. The van der Waals surface area contributed by atoms with Gasteiger partial charge in [-0.05, 0) is 17.5 Å². The predicted molar refractivity (Wildman–Crippen MR) is 120 cm³/mol. The van der Waals surface area contributed by atoms with Crippen LogP contribution in [0.25, 0.3) is 0 Å². The van der Waals surface area contributed by atoms with E-state index in [1.807, 2.05) is 12.1 Å². The molecule has 0 spiro atoms. The second-order valence-corrected chi connectivity index (χ2v) is 9.48. The first kappa shape index (κ1) is 24.1. The highest BCUT2D eigenvalue weighted by Crippen LogP contribution is 2.36. The van der Waals surface area contributed by atoms with E-state index in [1.165, 1.54) is 11.9 Å². The Labute approximate surface area is 197 Å². The van der Waals surface area contributed by atoms with Crippen LogP contribution in [-0.4, -0.2) is 61.6 Å². The average molecular weight is 494 g/mol. The molecule has 1 fully saturated rings. The van der Waals surface area contributed by atoms with Crippen LogP contribution in [0.5, 0.6) is 5.88 Å². The fourth-order valence-corrected chi connectivity index (χ4v) is 4.75. The van der Waals surface area contributed by atoms with Gasteiger partial charge in [0, 0.05) is 38.5 Å². The van der Waals surface area contributed by atoms with Gasteiger partial charge in [-0.2, -0.15) is 13.6 Å². The monoisotopic (exact) mass is 493 g/mol. The molecular weight excluding hydrogens is 466 g/mol. The maximum atomic E-state index is 11.5. The Morgan fingerprint density at radius 3 is 2.82 bits per heavy atom. The summed E-state index contributed by atoms with van der Waals surface area (Å²) in [5.41, 5.74) is 2.38. The molecule has 0 radical (unpaired) electrons. The zero-order chi connectivity index (χ0) is 24.3. The number of rotatable bonds is 8. The van der Waals surface area contributed by atoms with Crippen molar-refractivity contribution in [2.45, 2.75) is 43.6 Å². The number of carbonyl (C=O) groups excluding carboxylic acids is 1. The van der Waals surface area contributed by atoms with E-state index in [0.717, 1.165) is 12.0 Å². The molecule has 5 atom stereocenters. The molecule has 4 rings (SSSR count). The van der Waals surface area contributed by atoms with Gasteiger partial charge >= 0.3 is 16.4 Å². The molecule has 34 heavy (non-hydrogen) atoms. The molecule has 184 valence electrons. The first-order valence-electron chi connectivity index (χ1n) is 10.8. The Morgan fingerprint density at radius 2 is 2.06 bits per heavy atom. The van der Waals surface area contributed by atoms with E-state index >= 15 is 0 Å². The minimum atomic E-state index is -4.40. The van der Waals surface area contributed by atoms with Gasteiger partial charge in [0.2, 0.25) is 5.88 Å². The number of nitrogens with two attached hydrogens (primary N) is 1. The predicted octanol–water partition coefficient (Wildman–Crippen LogP) is 0.649. The summed E-state index contributed by atoms with van der Waals surface area (Å²) in [6, 6.07) is 9.78. The van der Waals surface area contributed by atoms with Crippen molar-refractivity contribution in [1.82, 2.24) is 15.3 Å². The van der Waals surface area contributed by atoms with Crippen molar-refractivity contribution in [3.8, 4) is 5.88 Å². The van der Waals surface area contributed by atoms with Crippen molar-refractivity contribution < 1.29 is 32.0 Å². The largest absolute Gasteiger partial charge is 0.474 e. The van der Waals surface area contributed by atoms with Crippen molar-refractivity contribution in [2.75, 3.05) is 19.0 Å². The summed E-state index contributed by atoms with van der Waals surface area (Å²) in [4.78, 5) is 19.9. The zero-order valence-corrected chi connectivity index (χ0v) is 19.3. The number of aliphatic hydroxyl groups is 1. The molecule has 2 aliphatic carbocycles. The van der Waals surface area contributed by atoms with Crippen LogP contribution >= 0.6 is 0 Å². The second kappa shape index (κ2) is 10.1. The van der Waals surface area contributed by atoms with E-state index < -0.39 is 22.5 Å². The number of fused-ring (bicyclic) bond motifs is 1. The number of carbonyl (C=O) groups is 1. The molecule has 0 saturated heterocycles. The number of nitrogens with one attached hydrogen (secondary N) is 2. The van der Waals surface area contributed by atoms with Crippen LogP contribution in [-0.2, 0) is 25.6 Å². The minimum Gasteiger partial charge on any atom is -0.474 e. The van der Waals surface area contributed by atoms with Crippen molar-refractivity contribution >= 4 is 22.2 Å². The molecule has 13 heteroatoms. The van der Waals surface area contributed by atoms with Crippen molar-refractivity contribution in [3.63, 3.8) is 0 Å². The van der Waals surface area contributed by atoms with Gasteiger partial charge in [0.15, 0.2) is 0 Å². The van der Waals surface area contributed by atoms with Crippen LogP contribution in [0, 0.1) is 5.92 Å². The third kappa shape index (κ3) is 5.91. The van der Waals surface area contributed by atoms with Crippen LogP contribution in [0.2, 0.25) is 0 Å². The molecule has 1 aromatic heterocycles. The highest BCUT2D eigenvalue weighted by Gasteiger charge is 2.35. The van der Waals surface area contributed by atoms with E-state index in [0.29, 0.717) is 24.5 Å². The summed E-state index contributed by atoms with van der Waals surface area (Å²) in [6.07, 6.45) is 0.613. The Bertz CT molecular complexity index is 1130. The van der Waals surface area contributed by atoms with Gasteiger partial charge < -0.3 is 29.4 Å². The van der Waals surface area contributed by atoms with Gasteiger partial charge in [0.05, 0.1) is 18.2 Å². The molecule has 12 nitrogen and oxygen atoms in total. The topological polar surface area (TPSA) is 175 Å². The first-order chi connectivity index (χ1) is 16.2. The average Bonchev–Trinajstić information content (AvgIpc) is 3.31. The quantitative estimate of drug-likeness (QED) is 0.408. The lowest BCUT2D eigenvalue weighted by Crippen LogP contribution is -2.35. The summed E-state index contributed by atoms with van der Waals surface area (Å²) in [5.74, 6) is 0.573. The minimum absolute atomic E-state index is 0.00541. The third-order valence-electron chi connectivity index (χ3n) is 6.03. The molecule has 0 bridgehead atoms. The van der Waals surface area contributed by atoms with Crippen LogP contribution in [0.1, 0.15) is 30.0 Å². The first-order valence-corrected chi connectivity index (χ1v) is 12.2. The lowest BCUT2D eigenvalue weighted by molar-refractivity contribution is 0.0959. The summed E-state index contributed by atoms with van der Waals surface area (Å²) in [6.45, 7) is 0.00541. The highest BCUT2D eigenvalue weighted by molar-refractivity contribution is 7.84. The van der Waals surface area contributed by atoms with Gasteiger partial charge in [0.1, 0.15) is 18.2 Å². The molecule has 1 amide bonds. The van der Waals surface area contributed by atoms with Crippen LogP contribution in [0.4, 0.5) is 10.6 Å². The van der Waals surface area contributed by atoms with Gasteiger partial charge in [-0.1, -0.05) is 24.3 Å². The number of nitrogens with zero attached hydrogens (tertiary/aromatic N) is 2. The van der Waals surface area contributed by atoms with E-state index in [-0.39, 0.29) is 30.7 Å². The third-order valence-corrected chi connectivity index (χ3v) is 6.42. The van der Waals surface area contributed by atoms with E-state index in [2.05, 4.69) is 42.1 Å². The Kier molecular flexibility index (Phi) is 7.16. The van der Waals surface area contributed by atoms with Gasteiger partial charge in [0.25, 0.3) is 0 Å². The van der Waals surface area contributed by atoms with Gasteiger partial charge in [-0.25, -0.2) is 14.8 Å². The smallest absolute Gasteiger partial charge is 0.423 e. The van der Waals surface area contributed by atoms with E-state index in [1.54, 1.807) is 13.2 Å². The van der Waals surface area contributed by atoms with Gasteiger partial charge in [-0.15, -0.1) is 0 Å². The van der Waals surface area contributed by atoms with Crippen molar-refractivity contribution in [3.05, 3.63) is 47.8 Å². The van der Waals surface area contributed by atoms with E-state index in [4.69, 9.17) is 9.47 Å². The molecule has 1 saturated carbocycles. The molecular formula is C21H27N5O7S. The summed E-state index contributed by atoms with van der Waals surface area (Å²) in [5, 5.41) is 20.6. The van der Waals surface area contributed by atoms with Crippen molar-refractivity contribution in [1.29, 1.82) is 0 Å². The maximum absolute atomic E-state index is 11.5. The molecule has 0 aliphatic heterocycles. The highest BCUT2D eigenvalue weighted by atomic mass is 32.2. The number of anilines is 1. The Morgan fingerprint density at radius 1 is 1.26 bits per heavy atom. The molecule has 1 heterocycles. The number of aromatic nitrogens is 2. The van der Waals surface area contributed by atoms with Crippen molar-refractivity contribution in [2.24, 2.45) is 11.1 Å². The number of amides is 1. The van der Waals surface area contributed by atoms with Crippen LogP contribution in [0.3, 0.4) is 0 Å². The number of hydrogen-bond donors (Lipinski definition) is 4. The lowest BCUT2D eigenvalue weighted by Gasteiger charge is -2.21. The Balaban J connectivity index is 1.34. The maximum Gasteiger partial charge on any atom is 0.423 e. The summed E-state index contributed by atoms with van der Waals surface area (Å²) >= 11 is 0. The molecule has 2 aromatic rings. The fraction of sp³-hybridized carbons (Fsp3) is 0.476. The number of ether oxygens (including phenoxy) is 2. The number of aliphatic hydroxyl groups excluding tert-OH is 1. The number of hydrogen-bond acceptors (Lipinski definition) is 10. The van der Waals surface area contributed by atoms with Crippen LogP contribution in [0.15, 0.2) is 36.7 Å². The molecule has 1 aromatic carbocycles. The molecule has 5 N–H and O–H groups in total. The SMILES string of the molecule is CO[C@H]1Cc2ccccc2[C@H]1Nc1cc(O[C@@H]2C[C@@H](CNC(=O)OS(N)(=O)=O)[C@@H](O)C2)ncn1.